The molecule has 0 aliphatic heterocycles. The van der Waals surface area contributed by atoms with E-state index in [1.54, 1.807) is 39.1 Å². The Bertz CT molecular complexity index is 1250. The van der Waals surface area contributed by atoms with Crippen LogP contribution in [-0.2, 0) is 14.8 Å². The quantitative estimate of drug-likeness (QED) is 0.363. The van der Waals surface area contributed by atoms with Crippen LogP contribution in [0.4, 0.5) is 16.2 Å². The lowest BCUT2D eigenvalue weighted by Gasteiger charge is -2.22. The zero-order chi connectivity index (χ0) is 24.9. The molecule has 0 aliphatic rings. The van der Waals surface area contributed by atoms with Crippen LogP contribution < -0.4 is 15.4 Å². The minimum atomic E-state index is -3.95. The van der Waals surface area contributed by atoms with Crippen molar-refractivity contribution in [3.8, 4) is 21.0 Å². The van der Waals surface area contributed by atoms with Gasteiger partial charge in [-0.2, -0.15) is 0 Å². The summed E-state index contributed by atoms with van der Waals surface area (Å²) in [6.45, 7) is 4.76. The number of hydrogen-bond donors (Lipinski definition) is 4. The summed E-state index contributed by atoms with van der Waals surface area (Å²) in [7, 11) is -2.11. The molecule has 0 aliphatic carbocycles. The predicted octanol–water partition coefficient (Wildman–Crippen LogP) is 4.14. The highest BCUT2D eigenvalue weighted by molar-refractivity contribution is 7.89. The second-order valence-electron chi connectivity index (χ2n) is 8.41. The van der Waals surface area contributed by atoms with Gasteiger partial charge in [0, 0.05) is 41.3 Å². The van der Waals surface area contributed by atoms with E-state index in [9.17, 15) is 13.2 Å². The number of rotatable bonds is 8. The van der Waals surface area contributed by atoms with Gasteiger partial charge >= 0.3 is 6.09 Å². The molecule has 0 radical (unpaired) electrons. The summed E-state index contributed by atoms with van der Waals surface area (Å²) in [4.78, 5) is 17.1. The molecule has 3 rings (SSSR count). The summed E-state index contributed by atoms with van der Waals surface area (Å²) in [6.07, 6.45) is 0.846. The van der Waals surface area contributed by atoms with Gasteiger partial charge in [-0.3, -0.25) is 5.32 Å². The maximum Gasteiger partial charge on any atom is 0.411 e. The van der Waals surface area contributed by atoms with Crippen LogP contribution in [0.2, 0.25) is 0 Å². The van der Waals surface area contributed by atoms with Gasteiger partial charge in [-0.25, -0.2) is 22.9 Å². The molecule has 11 heteroatoms. The van der Waals surface area contributed by atoms with Gasteiger partial charge in [-0.05, 0) is 57.2 Å². The number of benzene rings is 2. The Kier molecular flexibility index (Phi) is 7.93. The van der Waals surface area contributed by atoms with Crippen molar-refractivity contribution in [1.82, 2.24) is 9.71 Å². The first-order chi connectivity index (χ1) is 16.0. The van der Waals surface area contributed by atoms with Crippen LogP contribution in [0.1, 0.15) is 20.8 Å². The number of aromatic nitrogens is 1. The smallest absolute Gasteiger partial charge is 0.411 e. The number of aliphatic hydroxyl groups excluding tert-OH is 1. The number of ether oxygens (including phenoxy) is 1. The Morgan fingerprint density at radius 3 is 2.41 bits per heavy atom. The number of sulfonamides is 1. The summed E-state index contributed by atoms with van der Waals surface area (Å²) in [5.41, 5.74) is 1.88. The van der Waals surface area contributed by atoms with Gasteiger partial charge in [0.1, 0.15) is 11.6 Å². The number of aliphatic hydroxyl groups is 1. The fraction of sp³-hybridized carbons (Fsp3) is 0.304. The minimum absolute atomic E-state index is 0.00288. The van der Waals surface area contributed by atoms with Gasteiger partial charge in [-0.1, -0.05) is 6.07 Å². The van der Waals surface area contributed by atoms with Crippen molar-refractivity contribution in [1.29, 1.82) is 0 Å². The Hall–Kier alpha value is -2.99. The highest BCUT2D eigenvalue weighted by atomic mass is 32.2. The lowest BCUT2D eigenvalue weighted by molar-refractivity contribution is 0.131. The van der Waals surface area contributed by atoms with Crippen LogP contribution >= 0.6 is 11.3 Å². The average molecular weight is 505 g/mol. The predicted molar refractivity (Wildman–Crippen MR) is 135 cm³/mol. The van der Waals surface area contributed by atoms with E-state index < -0.39 is 21.7 Å². The zero-order valence-corrected chi connectivity index (χ0v) is 21.0. The second kappa shape index (κ2) is 10.5. The van der Waals surface area contributed by atoms with Gasteiger partial charge in [0.05, 0.1) is 16.4 Å². The highest BCUT2D eigenvalue weighted by Gasteiger charge is 2.26. The number of nitrogens with zero attached hydrogens (tertiary/aromatic N) is 1. The number of nitrogens with one attached hydrogen (secondary N) is 3. The molecule has 34 heavy (non-hydrogen) atoms. The van der Waals surface area contributed by atoms with Crippen molar-refractivity contribution < 1.29 is 23.1 Å². The summed E-state index contributed by atoms with van der Waals surface area (Å²) in [5, 5.41) is 15.1. The molecule has 0 fully saturated rings. The SMILES string of the molecule is CNc1ccc(-c2ncc(-c3ccc(NC(=O)OCCO)cc3S(=O)(=O)NC(C)(C)C)s2)cc1. The van der Waals surface area contributed by atoms with Crippen molar-refractivity contribution in [3.05, 3.63) is 48.7 Å². The molecule has 182 valence electrons. The summed E-state index contributed by atoms with van der Waals surface area (Å²) >= 11 is 1.37. The number of carbonyl (C=O) groups excluding carboxylic acids is 1. The summed E-state index contributed by atoms with van der Waals surface area (Å²) < 4.78 is 34.0. The second-order valence-corrected chi connectivity index (χ2v) is 11.1. The number of thiazole rings is 1. The van der Waals surface area contributed by atoms with E-state index in [1.807, 2.05) is 31.3 Å². The summed E-state index contributed by atoms with van der Waals surface area (Å²) in [6, 6.07) is 12.4. The monoisotopic (exact) mass is 504 g/mol. The number of hydrogen-bond acceptors (Lipinski definition) is 8. The number of amides is 1. The standard InChI is InChI=1S/C23H28N4O5S2/c1-23(2,3)27-34(30,31)20-13-17(26-22(29)32-12-11-28)9-10-18(20)19-14-25-21(33-19)15-5-7-16(24-4)8-6-15/h5-10,13-14,24,27-28H,11-12H2,1-4H3,(H,26,29). The fourth-order valence-electron chi connectivity index (χ4n) is 3.09. The van der Waals surface area contributed by atoms with Crippen molar-refractivity contribution in [2.45, 2.75) is 31.2 Å². The first-order valence-corrected chi connectivity index (χ1v) is 12.8. The Balaban J connectivity index is 2.02. The molecule has 0 spiro atoms. The van der Waals surface area contributed by atoms with Crippen LogP contribution in [-0.4, -0.2) is 50.4 Å². The molecule has 0 atom stereocenters. The van der Waals surface area contributed by atoms with Gasteiger partial charge in [0.25, 0.3) is 0 Å². The van der Waals surface area contributed by atoms with E-state index in [2.05, 4.69) is 20.3 Å². The molecule has 0 saturated heterocycles. The Labute approximate surface area is 203 Å². The van der Waals surface area contributed by atoms with E-state index in [-0.39, 0.29) is 23.8 Å². The molecule has 1 aromatic heterocycles. The van der Waals surface area contributed by atoms with Crippen molar-refractivity contribution in [2.24, 2.45) is 0 Å². The molecule has 4 N–H and O–H groups in total. The Morgan fingerprint density at radius 1 is 1.12 bits per heavy atom. The van der Waals surface area contributed by atoms with E-state index in [1.165, 1.54) is 17.4 Å². The lowest BCUT2D eigenvalue weighted by Crippen LogP contribution is -2.40. The first kappa shape index (κ1) is 25.6. The van der Waals surface area contributed by atoms with E-state index >= 15 is 0 Å². The van der Waals surface area contributed by atoms with Crippen molar-refractivity contribution in [3.63, 3.8) is 0 Å². The third-order valence-electron chi connectivity index (χ3n) is 4.47. The average Bonchev–Trinajstić information content (AvgIpc) is 3.26. The maximum atomic E-state index is 13.3. The molecule has 1 amide bonds. The molecular formula is C23H28N4O5S2. The van der Waals surface area contributed by atoms with E-state index in [0.29, 0.717) is 10.4 Å². The molecule has 3 aromatic rings. The molecule has 0 unspecified atom stereocenters. The topological polar surface area (TPSA) is 130 Å². The third-order valence-corrected chi connectivity index (χ3v) is 7.35. The van der Waals surface area contributed by atoms with Crippen molar-refractivity contribution >= 4 is 38.8 Å². The fourth-order valence-corrected chi connectivity index (χ4v) is 5.78. The number of anilines is 2. The first-order valence-electron chi connectivity index (χ1n) is 10.5. The van der Waals surface area contributed by atoms with Crippen LogP contribution in [0.5, 0.6) is 0 Å². The number of carbonyl (C=O) groups is 1. The Morgan fingerprint density at radius 2 is 1.79 bits per heavy atom. The molecule has 1 heterocycles. The van der Waals surface area contributed by atoms with Crippen LogP contribution in [0.25, 0.3) is 21.0 Å². The van der Waals surface area contributed by atoms with Gasteiger partial charge in [-0.15, -0.1) is 11.3 Å². The van der Waals surface area contributed by atoms with Gasteiger partial charge in [0.15, 0.2) is 0 Å². The lowest BCUT2D eigenvalue weighted by atomic mass is 10.1. The normalized spacial score (nSPS) is 11.8. The van der Waals surface area contributed by atoms with Crippen LogP contribution in [0.3, 0.4) is 0 Å². The highest BCUT2D eigenvalue weighted by Crippen LogP contribution is 2.37. The van der Waals surface area contributed by atoms with E-state index in [4.69, 9.17) is 9.84 Å². The largest absolute Gasteiger partial charge is 0.447 e. The zero-order valence-electron chi connectivity index (χ0n) is 19.4. The van der Waals surface area contributed by atoms with Gasteiger partial charge < -0.3 is 15.2 Å². The van der Waals surface area contributed by atoms with Crippen LogP contribution in [0.15, 0.2) is 53.6 Å². The van der Waals surface area contributed by atoms with E-state index in [0.717, 1.165) is 16.3 Å². The van der Waals surface area contributed by atoms with Crippen LogP contribution in [0, 0.1) is 0 Å². The molecule has 9 nitrogen and oxygen atoms in total. The molecule has 2 aromatic carbocycles. The van der Waals surface area contributed by atoms with Crippen molar-refractivity contribution in [2.75, 3.05) is 30.9 Å². The molecule has 0 bridgehead atoms. The molecule has 0 saturated carbocycles. The summed E-state index contributed by atoms with van der Waals surface area (Å²) in [5.74, 6) is 0. The van der Waals surface area contributed by atoms with Gasteiger partial charge in [0.2, 0.25) is 10.0 Å². The molecular weight excluding hydrogens is 476 g/mol. The maximum absolute atomic E-state index is 13.3. The third kappa shape index (κ3) is 6.54. The minimum Gasteiger partial charge on any atom is -0.447 e.